The summed E-state index contributed by atoms with van der Waals surface area (Å²) in [7, 11) is 3.78. The van der Waals surface area contributed by atoms with Crippen molar-refractivity contribution >= 4 is 11.6 Å². The van der Waals surface area contributed by atoms with Crippen LogP contribution in [0.2, 0.25) is 0 Å². The average molecular weight is 181 g/mol. The second kappa shape index (κ2) is 4.61. The van der Waals surface area contributed by atoms with Gasteiger partial charge in [-0.05, 0) is 0 Å². The van der Waals surface area contributed by atoms with E-state index in [0.717, 1.165) is 18.2 Å². The second-order valence-corrected chi connectivity index (χ2v) is 2.72. The molecule has 0 spiro atoms. The van der Waals surface area contributed by atoms with Crippen molar-refractivity contribution in [3.63, 3.8) is 0 Å². The van der Waals surface area contributed by atoms with Gasteiger partial charge < -0.3 is 16.0 Å². The van der Waals surface area contributed by atoms with Gasteiger partial charge in [-0.1, -0.05) is 0 Å². The van der Waals surface area contributed by atoms with E-state index in [1.54, 1.807) is 0 Å². The fraction of sp³-hybridized carbons (Fsp3) is 0.500. The van der Waals surface area contributed by atoms with Crippen LogP contribution in [0.3, 0.4) is 0 Å². The van der Waals surface area contributed by atoms with E-state index in [4.69, 9.17) is 5.73 Å². The first-order valence-corrected chi connectivity index (χ1v) is 4.19. The molecule has 1 rings (SSSR count). The van der Waals surface area contributed by atoms with Crippen molar-refractivity contribution < 1.29 is 0 Å². The van der Waals surface area contributed by atoms with Gasteiger partial charge in [0.25, 0.3) is 0 Å². The lowest BCUT2D eigenvalue weighted by molar-refractivity contribution is 0.864. The van der Waals surface area contributed by atoms with Crippen molar-refractivity contribution in [2.24, 2.45) is 5.73 Å². The van der Waals surface area contributed by atoms with Crippen LogP contribution in [0, 0.1) is 0 Å². The van der Waals surface area contributed by atoms with Crippen LogP contribution in [0.5, 0.6) is 0 Å². The Hall–Kier alpha value is -1.36. The normalized spacial score (nSPS) is 9.77. The molecule has 0 radical (unpaired) electrons. The number of hydrogen-bond donors (Lipinski definition) is 2. The second-order valence-electron chi connectivity index (χ2n) is 2.72. The molecule has 5 nitrogen and oxygen atoms in total. The SMILES string of the molecule is CNc1cc(N(C)CCN)ncn1. The molecule has 0 aromatic carbocycles. The molecule has 13 heavy (non-hydrogen) atoms. The summed E-state index contributed by atoms with van der Waals surface area (Å²) in [4.78, 5) is 10.1. The average Bonchev–Trinajstić information content (AvgIpc) is 2.18. The van der Waals surface area contributed by atoms with E-state index in [1.165, 1.54) is 6.33 Å². The zero-order valence-electron chi connectivity index (χ0n) is 7.99. The van der Waals surface area contributed by atoms with Crippen molar-refractivity contribution in [1.82, 2.24) is 9.97 Å². The van der Waals surface area contributed by atoms with Crippen LogP contribution in [-0.2, 0) is 0 Å². The molecule has 5 heteroatoms. The topological polar surface area (TPSA) is 67.1 Å². The zero-order chi connectivity index (χ0) is 9.68. The Kier molecular flexibility index (Phi) is 3.45. The summed E-state index contributed by atoms with van der Waals surface area (Å²) in [6.07, 6.45) is 1.54. The third-order valence-corrected chi connectivity index (χ3v) is 1.76. The first-order valence-electron chi connectivity index (χ1n) is 4.19. The van der Waals surface area contributed by atoms with Crippen molar-refractivity contribution in [2.45, 2.75) is 0 Å². The van der Waals surface area contributed by atoms with Crippen LogP contribution in [0.4, 0.5) is 11.6 Å². The molecule has 0 saturated heterocycles. The first-order chi connectivity index (χ1) is 6.27. The van der Waals surface area contributed by atoms with E-state index < -0.39 is 0 Å². The number of nitrogens with zero attached hydrogens (tertiary/aromatic N) is 3. The largest absolute Gasteiger partial charge is 0.373 e. The van der Waals surface area contributed by atoms with Crippen molar-refractivity contribution in [2.75, 3.05) is 37.4 Å². The summed E-state index contributed by atoms with van der Waals surface area (Å²) in [5.41, 5.74) is 5.44. The predicted octanol–water partition coefficient (Wildman–Crippen LogP) is -0.0868. The van der Waals surface area contributed by atoms with Gasteiger partial charge in [0, 0.05) is 33.3 Å². The van der Waals surface area contributed by atoms with Gasteiger partial charge >= 0.3 is 0 Å². The minimum atomic E-state index is 0.620. The predicted molar refractivity (Wildman–Crippen MR) is 53.9 cm³/mol. The third-order valence-electron chi connectivity index (χ3n) is 1.76. The molecule has 3 N–H and O–H groups in total. The lowest BCUT2D eigenvalue weighted by atomic mass is 10.4. The van der Waals surface area contributed by atoms with Crippen molar-refractivity contribution in [3.8, 4) is 0 Å². The smallest absolute Gasteiger partial charge is 0.133 e. The quantitative estimate of drug-likeness (QED) is 0.679. The molecule has 0 saturated carbocycles. The van der Waals surface area contributed by atoms with E-state index in [-0.39, 0.29) is 0 Å². The Morgan fingerprint density at radius 2 is 2.31 bits per heavy atom. The number of likely N-dealkylation sites (N-methyl/N-ethyl adjacent to an activating group) is 1. The highest BCUT2D eigenvalue weighted by atomic mass is 15.2. The Bertz CT molecular complexity index is 262. The maximum absolute atomic E-state index is 5.44. The number of nitrogens with one attached hydrogen (secondary N) is 1. The van der Waals surface area contributed by atoms with E-state index in [2.05, 4.69) is 15.3 Å². The van der Waals surface area contributed by atoms with Crippen LogP contribution < -0.4 is 16.0 Å². The van der Waals surface area contributed by atoms with E-state index in [0.29, 0.717) is 6.54 Å². The van der Waals surface area contributed by atoms with E-state index in [1.807, 2.05) is 25.1 Å². The summed E-state index contributed by atoms with van der Waals surface area (Å²) in [5.74, 6) is 1.69. The third kappa shape index (κ3) is 2.55. The summed E-state index contributed by atoms with van der Waals surface area (Å²) in [6, 6.07) is 1.88. The molecule has 0 aliphatic carbocycles. The molecule has 0 bridgehead atoms. The number of rotatable bonds is 4. The maximum Gasteiger partial charge on any atom is 0.133 e. The van der Waals surface area contributed by atoms with Crippen LogP contribution in [0.1, 0.15) is 0 Å². The fourth-order valence-electron chi connectivity index (χ4n) is 1.00. The van der Waals surface area contributed by atoms with Crippen LogP contribution >= 0.6 is 0 Å². The molecular formula is C8H15N5. The highest BCUT2D eigenvalue weighted by molar-refractivity contribution is 5.47. The molecule has 0 aliphatic rings. The minimum Gasteiger partial charge on any atom is -0.373 e. The van der Waals surface area contributed by atoms with Gasteiger partial charge in [0.05, 0.1) is 0 Å². The lowest BCUT2D eigenvalue weighted by Gasteiger charge is -2.16. The van der Waals surface area contributed by atoms with Crippen molar-refractivity contribution in [3.05, 3.63) is 12.4 Å². The molecule has 0 unspecified atom stereocenters. The zero-order valence-corrected chi connectivity index (χ0v) is 7.99. The molecule has 1 aromatic rings. The number of anilines is 2. The van der Waals surface area contributed by atoms with E-state index in [9.17, 15) is 0 Å². The van der Waals surface area contributed by atoms with Gasteiger partial charge in [-0.15, -0.1) is 0 Å². The van der Waals surface area contributed by atoms with Gasteiger partial charge in [0.1, 0.15) is 18.0 Å². The van der Waals surface area contributed by atoms with Gasteiger partial charge in [-0.3, -0.25) is 0 Å². The summed E-state index contributed by atoms with van der Waals surface area (Å²) < 4.78 is 0. The van der Waals surface area contributed by atoms with E-state index >= 15 is 0 Å². The highest BCUT2D eigenvalue weighted by Gasteiger charge is 2.01. The highest BCUT2D eigenvalue weighted by Crippen LogP contribution is 2.10. The summed E-state index contributed by atoms with van der Waals surface area (Å²) >= 11 is 0. The molecule has 0 fully saturated rings. The summed E-state index contributed by atoms with van der Waals surface area (Å²) in [6.45, 7) is 1.41. The van der Waals surface area contributed by atoms with Gasteiger partial charge in [-0.2, -0.15) is 0 Å². The fourth-order valence-corrected chi connectivity index (χ4v) is 1.00. The Morgan fingerprint density at radius 1 is 1.54 bits per heavy atom. The molecule has 0 atom stereocenters. The maximum atomic E-state index is 5.44. The van der Waals surface area contributed by atoms with Gasteiger partial charge in [0.15, 0.2) is 0 Å². The van der Waals surface area contributed by atoms with Gasteiger partial charge in [0.2, 0.25) is 0 Å². The van der Waals surface area contributed by atoms with Crippen LogP contribution in [0.25, 0.3) is 0 Å². The number of hydrogen-bond acceptors (Lipinski definition) is 5. The Morgan fingerprint density at radius 3 is 2.92 bits per heavy atom. The summed E-state index contributed by atoms with van der Waals surface area (Å²) in [5, 5.41) is 2.96. The molecular weight excluding hydrogens is 166 g/mol. The standard InChI is InChI=1S/C8H15N5/c1-10-7-5-8(12-6-11-7)13(2)4-3-9/h5-6H,3-4,9H2,1-2H3,(H,10,11,12). The lowest BCUT2D eigenvalue weighted by Crippen LogP contribution is -2.25. The van der Waals surface area contributed by atoms with Crippen LogP contribution in [0.15, 0.2) is 12.4 Å². The molecule has 0 amide bonds. The molecule has 0 aliphatic heterocycles. The minimum absolute atomic E-state index is 0.620. The van der Waals surface area contributed by atoms with Crippen molar-refractivity contribution in [1.29, 1.82) is 0 Å². The molecule has 1 heterocycles. The number of nitrogens with two attached hydrogens (primary N) is 1. The molecule has 1 aromatic heterocycles. The number of aromatic nitrogens is 2. The Labute approximate surface area is 78.0 Å². The Balaban J connectivity index is 2.75. The first kappa shape index (κ1) is 9.73. The monoisotopic (exact) mass is 181 g/mol. The molecule has 72 valence electrons. The van der Waals surface area contributed by atoms with Crippen LogP contribution in [-0.4, -0.2) is 37.2 Å². The van der Waals surface area contributed by atoms with Gasteiger partial charge in [-0.25, -0.2) is 9.97 Å².